The quantitative estimate of drug-likeness (QED) is 0.671. The Balaban J connectivity index is 1.30. The first-order valence-electron chi connectivity index (χ1n) is 9.76. The van der Waals surface area contributed by atoms with E-state index in [-0.39, 0.29) is 61.3 Å². The first kappa shape index (κ1) is 22.0. The number of nitrogens with zero attached hydrogens (tertiary/aromatic N) is 3. The summed E-state index contributed by atoms with van der Waals surface area (Å²) in [5.74, 6) is -0.376. The zero-order chi connectivity index (χ0) is 22.6. The van der Waals surface area contributed by atoms with Gasteiger partial charge >= 0.3 is 6.18 Å². The van der Waals surface area contributed by atoms with Crippen LogP contribution in [0.15, 0.2) is 29.2 Å². The molecule has 168 valence electrons. The lowest BCUT2D eigenvalue weighted by Gasteiger charge is -2.22. The molecule has 0 bridgehead atoms. The highest BCUT2D eigenvalue weighted by molar-refractivity contribution is 7.89. The molecule has 1 amide bonds. The monoisotopic (exact) mass is 460 g/mol. The highest BCUT2D eigenvalue weighted by Gasteiger charge is 2.58. The molecule has 2 heterocycles. The molecule has 1 aromatic carbocycles. The number of sulfonamides is 1. The average molecular weight is 460 g/mol. The van der Waals surface area contributed by atoms with Crippen molar-refractivity contribution in [2.75, 3.05) is 26.2 Å². The fourth-order valence-corrected chi connectivity index (χ4v) is 5.96. The van der Waals surface area contributed by atoms with Crippen molar-refractivity contribution in [2.45, 2.75) is 35.7 Å². The topological polar surface area (TPSA) is 93.5 Å². The lowest BCUT2D eigenvalue weighted by Crippen LogP contribution is -2.43. The van der Waals surface area contributed by atoms with Crippen LogP contribution < -0.4 is 5.32 Å². The fraction of sp³-hybridized carbons (Fsp3) is 0.579. The van der Waals surface area contributed by atoms with Gasteiger partial charge < -0.3 is 10.2 Å². The smallest absolute Gasteiger partial charge is 0.323 e. The van der Waals surface area contributed by atoms with Crippen molar-refractivity contribution in [3.63, 3.8) is 0 Å². The maximum absolute atomic E-state index is 13.5. The van der Waals surface area contributed by atoms with Crippen LogP contribution in [0.25, 0.3) is 0 Å². The van der Waals surface area contributed by atoms with Gasteiger partial charge in [-0.25, -0.2) is 12.8 Å². The third-order valence-corrected chi connectivity index (χ3v) is 8.03. The predicted octanol–water partition coefficient (Wildman–Crippen LogP) is 1.38. The summed E-state index contributed by atoms with van der Waals surface area (Å²) in [5.41, 5.74) is -0.916. The number of amides is 1. The van der Waals surface area contributed by atoms with Gasteiger partial charge in [-0.05, 0) is 36.1 Å². The molecule has 7 nitrogen and oxygen atoms in total. The molecule has 4 rings (SSSR count). The molecule has 2 unspecified atom stereocenters. The molecule has 12 heteroatoms. The molecule has 0 aromatic heterocycles. The summed E-state index contributed by atoms with van der Waals surface area (Å²) in [6, 6.07) is 4.48. The van der Waals surface area contributed by atoms with Crippen LogP contribution in [0.3, 0.4) is 0 Å². The maximum atomic E-state index is 13.5. The van der Waals surface area contributed by atoms with Crippen molar-refractivity contribution >= 4 is 15.9 Å². The number of hydrogen-bond acceptors (Lipinski definition) is 5. The SMILES string of the molecule is N#C[C@@H]1C[C@H](F)CN1C(=O)CNC1C2CN(S(=O)(=O)c3ccc(C(F)(F)F)cc3)CC21. The first-order chi connectivity index (χ1) is 14.5. The third kappa shape index (κ3) is 4.14. The van der Waals surface area contributed by atoms with Crippen LogP contribution in [-0.2, 0) is 21.0 Å². The van der Waals surface area contributed by atoms with Gasteiger partial charge in [0.1, 0.15) is 12.2 Å². The second-order valence-electron chi connectivity index (χ2n) is 8.10. The summed E-state index contributed by atoms with van der Waals surface area (Å²) in [6.45, 7) is 0.248. The van der Waals surface area contributed by atoms with E-state index in [0.29, 0.717) is 0 Å². The maximum Gasteiger partial charge on any atom is 0.416 e. The number of benzene rings is 1. The Bertz CT molecular complexity index is 996. The number of nitrogens with one attached hydrogen (secondary N) is 1. The number of carbonyl (C=O) groups excluding carboxylic acids is 1. The summed E-state index contributed by atoms with van der Waals surface area (Å²) < 4.78 is 78.1. The minimum Gasteiger partial charge on any atom is -0.323 e. The number of likely N-dealkylation sites (tertiary alicyclic amines) is 1. The Kier molecular flexibility index (Phi) is 5.47. The van der Waals surface area contributed by atoms with Crippen LogP contribution in [0.4, 0.5) is 17.6 Å². The second kappa shape index (κ2) is 7.72. The largest absolute Gasteiger partial charge is 0.416 e. The molecule has 1 N–H and O–H groups in total. The van der Waals surface area contributed by atoms with Crippen molar-refractivity contribution < 1.29 is 30.8 Å². The van der Waals surface area contributed by atoms with E-state index in [4.69, 9.17) is 5.26 Å². The molecule has 31 heavy (non-hydrogen) atoms. The highest BCUT2D eigenvalue weighted by atomic mass is 32.2. The van der Waals surface area contributed by atoms with Gasteiger partial charge in [0.25, 0.3) is 0 Å². The van der Waals surface area contributed by atoms with Gasteiger partial charge in [0.15, 0.2) is 0 Å². The van der Waals surface area contributed by atoms with E-state index in [1.807, 2.05) is 6.07 Å². The number of nitriles is 1. The number of piperidine rings is 1. The van der Waals surface area contributed by atoms with E-state index in [1.165, 1.54) is 9.21 Å². The van der Waals surface area contributed by atoms with Crippen molar-refractivity contribution in [3.8, 4) is 6.07 Å². The summed E-state index contributed by atoms with van der Waals surface area (Å²) in [7, 11) is -3.90. The molecular weight excluding hydrogens is 440 g/mol. The standard InChI is InChI=1S/C19H20F4N4O3S/c20-12-5-13(6-24)27(8-12)17(28)7-25-18-15-9-26(10-16(15)18)31(29,30)14-3-1-11(2-4-14)19(21,22)23/h1-4,12-13,15-16,18,25H,5,7-10H2/t12-,13-,15?,16?,18?/m0/s1. The van der Waals surface area contributed by atoms with Gasteiger partial charge in [0.05, 0.1) is 29.6 Å². The lowest BCUT2D eigenvalue weighted by molar-refractivity contribution is -0.137. The van der Waals surface area contributed by atoms with Gasteiger partial charge in [0, 0.05) is 25.6 Å². The molecular formula is C19H20F4N4O3S. The molecule has 0 radical (unpaired) electrons. The normalized spacial score (nSPS) is 30.8. The van der Waals surface area contributed by atoms with Crippen molar-refractivity contribution in [3.05, 3.63) is 29.8 Å². The van der Waals surface area contributed by atoms with Crippen LogP contribution in [-0.4, -0.2) is 68.0 Å². The van der Waals surface area contributed by atoms with Gasteiger partial charge in [0.2, 0.25) is 15.9 Å². The minimum atomic E-state index is -4.54. The van der Waals surface area contributed by atoms with E-state index in [2.05, 4.69) is 5.32 Å². The van der Waals surface area contributed by atoms with Crippen molar-refractivity contribution in [1.82, 2.24) is 14.5 Å². The van der Waals surface area contributed by atoms with Crippen LogP contribution >= 0.6 is 0 Å². The summed E-state index contributed by atoms with van der Waals surface area (Å²) in [6.07, 6.45) is -5.74. The molecule has 1 aliphatic carbocycles. The zero-order valence-electron chi connectivity index (χ0n) is 16.2. The van der Waals surface area contributed by atoms with E-state index in [0.717, 1.165) is 24.3 Å². The van der Waals surface area contributed by atoms with E-state index >= 15 is 0 Å². The molecule has 0 spiro atoms. The fourth-order valence-electron chi connectivity index (χ4n) is 4.44. The van der Waals surface area contributed by atoms with E-state index in [1.54, 1.807) is 0 Å². The predicted molar refractivity (Wildman–Crippen MR) is 99.6 cm³/mol. The van der Waals surface area contributed by atoms with Gasteiger partial charge in [-0.1, -0.05) is 0 Å². The first-order valence-corrected chi connectivity index (χ1v) is 11.2. The Morgan fingerprint density at radius 2 is 1.77 bits per heavy atom. The van der Waals surface area contributed by atoms with Gasteiger partial charge in [-0.2, -0.15) is 22.7 Å². The molecule has 1 saturated carbocycles. The average Bonchev–Trinajstić information content (AvgIpc) is 3.05. The van der Waals surface area contributed by atoms with Gasteiger partial charge in [-0.3, -0.25) is 4.79 Å². The van der Waals surface area contributed by atoms with Crippen LogP contribution in [0.5, 0.6) is 0 Å². The van der Waals surface area contributed by atoms with Crippen molar-refractivity contribution in [1.29, 1.82) is 5.26 Å². The van der Waals surface area contributed by atoms with Crippen LogP contribution in [0.1, 0.15) is 12.0 Å². The van der Waals surface area contributed by atoms with Gasteiger partial charge in [-0.15, -0.1) is 0 Å². The molecule has 3 fully saturated rings. The molecule has 4 atom stereocenters. The van der Waals surface area contributed by atoms with E-state index < -0.39 is 34.0 Å². The Hall–Kier alpha value is -2.23. The summed E-state index contributed by atoms with van der Waals surface area (Å²) in [4.78, 5) is 13.3. The second-order valence-corrected chi connectivity index (χ2v) is 10.0. The minimum absolute atomic E-state index is 0.00344. The number of halogens is 4. The van der Waals surface area contributed by atoms with Crippen LogP contribution in [0, 0.1) is 23.2 Å². The lowest BCUT2D eigenvalue weighted by atomic mass is 10.2. The summed E-state index contributed by atoms with van der Waals surface area (Å²) >= 11 is 0. The molecule has 3 aliphatic rings. The third-order valence-electron chi connectivity index (χ3n) is 6.19. The Labute approximate surface area is 176 Å². The zero-order valence-corrected chi connectivity index (χ0v) is 17.0. The molecule has 2 aliphatic heterocycles. The number of alkyl halides is 4. The van der Waals surface area contributed by atoms with Crippen molar-refractivity contribution in [2.24, 2.45) is 11.8 Å². The molecule has 2 saturated heterocycles. The van der Waals surface area contributed by atoms with Crippen LogP contribution in [0.2, 0.25) is 0 Å². The Morgan fingerprint density at radius 3 is 2.32 bits per heavy atom. The Morgan fingerprint density at radius 1 is 1.16 bits per heavy atom. The number of rotatable bonds is 5. The summed E-state index contributed by atoms with van der Waals surface area (Å²) in [5, 5.41) is 12.1. The number of carbonyl (C=O) groups is 1. The number of fused-ring (bicyclic) bond motifs is 1. The molecule has 1 aromatic rings. The number of hydrogen-bond donors (Lipinski definition) is 1. The van der Waals surface area contributed by atoms with E-state index in [9.17, 15) is 30.8 Å². The highest BCUT2D eigenvalue weighted by Crippen LogP contribution is 2.47.